The standard InChI is InChI=1S/C13H18FN3O/c14-11-2-1-5-16-12(11)17-7-4-13(18)3-6-15-8-10(13)9-17/h1-2,5,10,15,18H,3-4,6-9H2/t10-,13-/m0/s1. The molecule has 2 aliphatic rings. The zero-order valence-electron chi connectivity index (χ0n) is 10.3. The summed E-state index contributed by atoms with van der Waals surface area (Å²) in [5.74, 6) is 0.276. The first-order valence-corrected chi connectivity index (χ1v) is 6.48. The summed E-state index contributed by atoms with van der Waals surface area (Å²) in [7, 11) is 0. The number of nitrogens with zero attached hydrogens (tertiary/aromatic N) is 2. The zero-order valence-corrected chi connectivity index (χ0v) is 10.3. The maximum atomic E-state index is 13.7. The first-order chi connectivity index (χ1) is 8.69. The van der Waals surface area contributed by atoms with E-state index < -0.39 is 5.60 Å². The number of aromatic nitrogens is 1. The number of piperidine rings is 2. The topological polar surface area (TPSA) is 48.4 Å². The lowest BCUT2D eigenvalue weighted by Crippen LogP contribution is -2.59. The number of hydrogen-bond acceptors (Lipinski definition) is 4. The van der Waals surface area contributed by atoms with E-state index >= 15 is 0 Å². The fourth-order valence-corrected chi connectivity index (χ4v) is 3.03. The third-order valence-electron chi connectivity index (χ3n) is 4.18. The van der Waals surface area contributed by atoms with Gasteiger partial charge < -0.3 is 15.3 Å². The highest BCUT2D eigenvalue weighted by atomic mass is 19.1. The van der Waals surface area contributed by atoms with Crippen LogP contribution in [0.2, 0.25) is 0 Å². The summed E-state index contributed by atoms with van der Waals surface area (Å²) in [5, 5.41) is 13.8. The Kier molecular flexibility index (Phi) is 2.95. The lowest BCUT2D eigenvalue weighted by molar-refractivity contribution is -0.0540. The van der Waals surface area contributed by atoms with Crippen LogP contribution < -0.4 is 10.2 Å². The van der Waals surface area contributed by atoms with E-state index in [0.717, 1.165) is 19.5 Å². The molecule has 5 heteroatoms. The first-order valence-electron chi connectivity index (χ1n) is 6.48. The Morgan fingerprint density at radius 2 is 2.39 bits per heavy atom. The van der Waals surface area contributed by atoms with Crippen LogP contribution in [0.15, 0.2) is 18.3 Å². The molecule has 1 aromatic heterocycles. The summed E-state index contributed by atoms with van der Waals surface area (Å²) in [6, 6.07) is 3.03. The molecule has 0 saturated carbocycles. The molecule has 0 bridgehead atoms. The number of halogens is 1. The van der Waals surface area contributed by atoms with Crippen LogP contribution in [0.4, 0.5) is 10.2 Å². The Hall–Kier alpha value is -1.20. The van der Waals surface area contributed by atoms with Crippen molar-refractivity contribution < 1.29 is 9.50 Å². The van der Waals surface area contributed by atoms with Gasteiger partial charge in [0.2, 0.25) is 0 Å². The molecule has 2 fully saturated rings. The average Bonchev–Trinajstić information content (AvgIpc) is 2.38. The van der Waals surface area contributed by atoms with Crippen molar-refractivity contribution in [1.29, 1.82) is 0 Å². The Balaban J connectivity index is 1.80. The molecule has 2 N–H and O–H groups in total. The third-order valence-corrected chi connectivity index (χ3v) is 4.18. The van der Waals surface area contributed by atoms with Gasteiger partial charge in [-0.1, -0.05) is 0 Å². The zero-order chi connectivity index (χ0) is 12.6. The number of anilines is 1. The second-order valence-electron chi connectivity index (χ2n) is 5.26. The highest BCUT2D eigenvalue weighted by molar-refractivity contribution is 5.40. The molecule has 0 aliphatic carbocycles. The Labute approximate surface area is 106 Å². The predicted molar refractivity (Wildman–Crippen MR) is 67.0 cm³/mol. The summed E-state index contributed by atoms with van der Waals surface area (Å²) in [5.41, 5.74) is -0.576. The third kappa shape index (κ3) is 1.97. The molecular formula is C13H18FN3O. The normalized spacial score (nSPS) is 32.1. The van der Waals surface area contributed by atoms with Gasteiger partial charge in [0, 0.05) is 31.7 Å². The van der Waals surface area contributed by atoms with Crippen LogP contribution >= 0.6 is 0 Å². The molecule has 2 saturated heterocycles. The lowest BCUT2D eigenvalue weighted by Gasteiger charge is -2.47. The highest BCUT2D eigenvalue weighted by Gasteiger charge is 2.43. The second kappa shape index (κ2) is 4.48. The van der Waals surface area contributed by atoms with Crippen molar-refractivity contribution in [2.45, 2.75) is 18.4 Å². The molecule has 0 radical (unpaired) electrons. The molecule has 4 nitrogen and oxygen atoms in total. The Bertz CT molecular complexity index is 442. The smallest absolute Gasteiger partial charge is 0.165 e. The van der Waals surface area contributed by atoms with Gasteiger partial charge >= 0.3 is 0 Å². The minimum Gasteiger partial charge on any atom is -0.389 e. The molecule has 3 rings (SSSR count). The van der Waals surface area contributed by atoms with Gasteiger partial charge in [-0.05, 0) is 31.5 Å². The number of fused-ring (bicyclic) bond motifs is 1. The van der Waals surface area contributed by atoms with E-state index in [9.17, 15) is 9.50 Å². The van der Waals surface area contributed by atoms with Crippen molar-refractivity contribution in [3.05, 3.63) is 24.1 Å². The molecule has 0 aromatic carbocycles. The maximum absolute atomic E-state index is 13.7. The van der Waals surface area contributed by atoms with Crippen LogP contribution in [-0.2, 0) is 0 Å². The predicted octanol–water partition coefficient (Wildman–Crippen LogP) is 0.771. The van der Waals surface area contributed by atoms with Crippen molar-refractivity contribution in [3.8, 4) is 0 Å². The van der Waals surface area contributed by atoms with E-state index in [1.54, 1.807) is 12.3 Å². The summed E-state index contributed by atoms with van der Waals surface area (Å²) in [6.07, 6.45) is 3.09. The Morgan fingerprint density at radius 1 is 1.50 bits per heavy atom. The quantitative estimate of drug-likeness (QED) is 0.774. The van der Waals surface area contributed by atoms with Gasteiger partial charge in [0.1, 0.15) is 0 Å². The molecule has 0 unspecified atom stereocenters. The van der Waals surface area contributed by atoms with E-state index in [2.05, 4.69) is 10.3 Å². The van der Waals surface area contributed by atoms with E-state index in [1.165, 1.54) is 6.07 Å². The van der Waals surface area contributed by atoms with E-state index in [4.69, 9.17) is 0 Å². The van der Waals surface area contributed by atoms with Crippen LogP contribution in [-0.4, -0.2) is 41.9 Å². The monoisotopic (exact) mass is 251 g/mol. The van der Waals surface area contributed by atoms with Crippen LogP contribution in [0.3, 0.4) is 0 Å². The number of rotatable bonds is 1. The molecule has 0 spiro atoms. The van der Waals surface area contributed by atoms with Gasteiger partial charge in [0.05, 0.1) is 5.60 Å². The summed E-state index contributed by atoms with van der Waals surface area (Å²) in [6.45, 7) is 2.99. The molecule has 98 valence electrons. The van der Waals surface area contributed by atoms with Crippen LogP contribution in [0.25, 0.3) is 0 Å². The van der Waals surface area contributed by atoms with Gasteiger partial charge in [-0.15, -0.1) is 0 Å². The van der Waals surface area contributed by atoms with Gasteiger partial charge in [0.15, 0.2) is 11.6 Å². The molecule has 2 aliphatic heterocycles. The summed E-state index contributed by atoms with van der Waals surface area (Å²) in [4.78, 5) is 6.06. The number of pyridine rings is 1. The van der Waals surface area contributed by atoms with Crippen molar-refractivity contribution in [3.63, 3.8) is 0 Å². The number of aliphatic hydroxyl groups is 1. The maximum Gasteiger partial charge on any atom is 0.165 e. The van der Waals surface area contributed by atoms with Crippen molar-refractivity contribution in [2.75, 3.05) is 31.1 Å². The van der Waals surface area contributed by atoms with E-state index in [1.807, 2.05) is 4.90 Å². The van der Waals surface area contributed by atoms with Gasteiger partial charge in [-0.25, -0.2) is 9.37 Å². The minimum absolute atomic E-state index is 0.154. The van der Waals surface area contributed by atoms with Crippen LogP contribution in [0, 0.1) is 11.7 Å². The molecule has 3 heterocycles. The van der Waals surface area contributed by atoms with Crippen molar-refractivity contribution in [2.24, 2.45) is 5.92 Å². The number of hydrogen-bond donors (Lipinski definition) is 2. The van der Waals surface area contributed by atoms with Crippen molar-refractivity contribution >= 4 is 5.82 Å². The van der Waals surface area contributed by atoms with Crippen LogP contribution in [0.5, 0.6) is 0 Å². The van der Waals surface area contributed by atoms with Gasteiger partial charge in [0.25, 0.3) is 0 Å². The fraction of sp³-hybridized carbons (Fsp3) is 0.615. The number of nitrogens with one attached hydrogen (secondary N) is 1. The molecule has 2 atom stereocenters. The van der Waals surface area contributed by atoms with Crippen molar-refractivity contribution in [1.82, 2.24) is 10.3 Å². The molecule has 1 aromatic rings. The molecular weight excluding hydrogens is 233 g/mol. The van der Waals surface area contributed by atoms with Gasteiger partial charge in [-0.2, -0.15) is 0 Å². The van der Waals surface area contributed by atoms with E-state index in [-0.39, 0.29) is 11.7 Å². The molecule has 0 amide bonds. The fourth-order valence-electron chi connectivity index (χ4n) is 3.03. The highest BCUT2D eigenvalue weighted by Crippen LogP contribution is 2.34. The minimum atomic E-state index is -0.576. The average molecular weight is 251 g/mol. The van der Waals surface area contributed by atoms with Gasteiger partial charge in [-0.3, -0.25) is 0 Å². The first kappa shape index (κ1) is 11.9. The van der Waals surface area contributed by atoms with E-state index in [0.29, 0.717) is 25.3 Å². The largest absolute Gasteiger partial charge is 0.389 e. The Morgan fingerprint density at radius 3 is 3.22 bits per heavy atom. The summed E-state index contributed by atoms with van der Waals surface area (Å²) >= 11 is 0. The second-order valence-corrected chi connectivity index (χ2v) is 5.26. The van der Waals surface area contributed by atoms with Crippen LogP contribution in [0.1, 0.15) is 12.8 Å². The lowest BCUT2D eigenvalue weighted by atomic mass is 9.76. The molecule has 18 heavy (non-hydrogen) atoms. The SMILES string of the molecule is O[C@]12CCNC[C@H]1CN(c1ncccc1F)CC2. The summed E-state index contributed by atoms with van der Waals surface area (Å²) < 4.78 is 13.7.